The summed E-state index contributed by atoms with van der Waals surface area (Å²) in [4.78, 5) is 10.1. The summed E-state index contributed by atoms with van der Waals surface area (Å²) in [5.74, 6) is -20.1. The number of halogens is 10. The van der Waals surface area contributed by atoms with Crippen molar-refractivity contribution in [3.8, 4) is 0 Å². The first-order chi connectivity index (χ1) is 7.60. The molecule has 0 aromatic carbocycles. The van der Waals surface area contributed by atoms with Gasteiger partial charge in [0.2, 0.25) is 0 Å². The van der Waals surface area contributed by atoms with E-state index in [1.807, 2.05) is 6.58 Å². The van der Waals surface area contributed by atoms with E-state index in [-0.39, 0.29) is 0 Å². The van der Waals surface area contributed by atoms with Gasteiger partial charge in [0.05, 0.1) is 5.57 Å². The number of hydrogen-bond donors (Lipinski definition) is 0. The van der Waals surface area contributed by atoms with Crippen LogP contribution in [-0.2, 0) is 4.79 Å². The van der Waals surface area contributed by atoms with Gasteiger partial charge in [0, 0.05) is 0 Å². The van der Waals surface area contributed by atoms with Crippen LogP contribution >= 0.6 is 11.6 Å². The van der Waals surface area contributed by atoms with Gasteiger partial charge in [-0.05, 0) is 11.6 Å². The fourth-order valence-corrected chi connectivity index (χ4v) is 0.807. The maximum Gasteiger partial charge on any atom is 0.460 e. The highest BCUT2D eigenvalue weighted by Crippen LogP contribution is 2.55. The summed E-state index contributed by atoms with van der Waals surface area (Å²) >= 11 is 4.31. The van der Waals surface area contributed by atoms with Gasteiger partial charge >= 0.3 is 23.9 Å². The van der Waals surface area contributed by atoms with Gasteiger partial charge in [0.25, 0.3) is 5.24 Å². The van der Waals surface area contributed by atoms with Gasteiger partial charge in [0.1, 0.15) is 0 Å². The molecule has 0 aliphatic rings. The highest BCUT2D eigenvalue weighted by molar-refractivity contribution is 6.67. The third kappa shape index (κ3) is 2.29. The molecule has 0 saturated heterocycles. The number of alkyl halides is 9. The van der Waals surface area contributed by atoms with Crippen molar-refractivity contribution in [3.05, 3.63) is 12.2 Å². The van der Waals surface area contributed by atoms with Crippen LogP contribution in [0.25, 0.3) is 0 Å². The van der Waals surface area contributed by atoms with Crippen molar-refractivity contribution in [3.63, 3.8) is 0 Å². The first-order valence-corrected chi connectivity index (χ1v) is 4.08. The molecule has 0 radical (unpaired) electrons. The molecule has 0 aliphatic carbocycles. The third-order valence-electron chi connectivity index (χ3n) is 1.76. The summed E-state index contributed by atoms with van der Waals surface area (Å²) in [6.07, 6.45) is -6.95. The van der Waals surface area contributed by atoms with Crippen LogP contribution < -0.4 is 0 Å². The standard InChI is InChI=1S/C7H2ClF9O/c1-2(3(8)18)4(9,10)5(11,12)6(13,14)7(15,16)17/h1H2. The zero-order valence-corrected chi connectivity index (χ0v) is 8.65. The second-order valence-electron chi connectivity index (χ2n) is 2.97. The van der Waals surface area contributed by atoms with Crippen molar-refractivity contribution in [2.45, 2.75) is 23.9 Å². The molecule has 0 saturated carbocycles. The monoisotopic (exact) mass is 308 g/mol. The lowest BCUT2D eigenvalue weighted by Crippen LogP contribution is -2.61. The normalized spacial score (nSPS) is 14.6. The van der Waals surface area contributed by atoms with Crippen molar-refractivity contribution in [1.82, 2.24) is 0 Å². The molecule has 0 amide bonds. The van der Waals surface area contributed by atoms with Gasteiger partial charge < -0.3 is 0 Å². The van der Waals surface area contributed by atoms with Crippen molar-refractivity contribution in [2.24, 2.45) is 0 Å². The SMILES string of the molecule is C=C(C(=O)Cl)C(F)(F)C(F)(F)C(F)(F)C(F)(F)F. The summed E-state index contributed by atoms with van der Waals surface area (Å²) in [6, 6.07) is 0. The van der Waals surface area contributed by atoms with E-state index in [2.05, 4.69) is 11.6 Å². The molecule has 0 aliphatic heterocycles. The van der Waals surface area contributed by atoms with Gasteiger partial charge in [-0.3, -0.25) is 4.79 Å². The third-order valence-corrected chi connectivity index (χ3v) is 1.99. The van der Waals surface area contributed by atoms with Crippen LogP contribution in [0, 0.1) is 0 Å². The van der Waals surface area contributed by atoms with Gasteiger partial charge in [-0.2, -0.15) is 39.5 Å². The number of allylic oxidation sites excluding steroid dienone is 1. The van der Waals surface area contributed by atoms with Crippen LogP contribution in [-0.4, -0.2) is 29.2 Å². The van der Waals surface area contributed by atoms with Gasteiger partial charge in [0.15, 0.2) is 0 Å². The van der Waals surface area contributed by atoms with Crippen molar-refractivity contribution in [2.75, 3.05) is 0 Å². The molecule has 0 heterocycles. The fourth-order valence-electron chi connectivity index (χ4n) is 0.688. The van der Waals surface area contributed by atoms with Gasteiger partial charge in [-0.15, -0.1) is 0 Å². The molecule has 106 valence electrons. The molecule has 0 atom stereocenters. The first kappa shape index (κ1) is 17.1. The fraction of sp³-hybridized carbons (Fsp3) is 0.571. The number of carbonyl (C=O) groups is 1. The lowest BCUT2D eigenvalue weighted by Gasteiger charge is -2.33. The van der Waals surface area contributed by atoms with Crippen LogP contribution in [0.2, 0.25) is 0 Å². The lowest BCUT2D eigenvalue weighted by atomic mass is 9.98. The van der Waals surface area contributed by atoms with E-state index in [0.29, 0.717) is 0 Å². The van der Waals surface area contributed by atoms with E-state index in [0.717, 1.165) is 0 Å². The Bertz CT molecular complexity index is 370. The van der Waals surface area contributed by atoms with Gasteiger partial charge in [-0.1, -0.05) is 6.58 Å². The summed E-state index contributed by atoms with van der Waals surface area (Å²) in [5.41, 5.74) is -2.57. The molecule has 1 nitrogen and oxygen atoms in total. The Balaban J connectivity index is 5.79. The smallest absolute Gasteiger partial charge is 0.276 e. The average molecular weight is 309 g/mol. The van der Waals surface area contributed by atoms with E-state index >= 15 is 0 Å². The molecule has 0 N–H and O–H groups in total. The predicted molar refractivity (Wildman–Crippen MR) is 40.9 cm³/mol. The summed E-state index contributed by atoms with van der Waals surface area (Å²) in [5, 5.41) is -2.36. The molecule has 0 rings (SSSR count). The Morgan fingerprint density at radius 1 is 0.833 bits per heavy atom. The molecule has 0 aromatic heterocycles. The minimum atomic E-state index is -7.07. The van der Waals surface area contributed by atoms with Crippen LogP contribution in [0.4, 0.5) is 39.5 Å². The van der Waals surface area contributed by atoms with Crippen LogP contribution in [0.3, 0.4) is 0 Å². The second kappa shape index (κ2) is 4.32. The van der Waals surface area contributed by atoms with Crippen LogP contribution in [0.5, 0.6) is 0 Å². The molecular weight excluding hydrogens is 307 g/mol. The molecule has 11 heteroatoms. The molecule has 0 spiro atoms. The van der Waals surface area contributed by atoms with E-state index in [1.165, 1.54) is 0 Å². The quantitative estimate of drug-likeness (QED) is 0.439. The number of carbonyl (C=O) groups excluding carboxylic acids is 1. The van der Waals surface area contributed by atoms with E-state index in [9.17, 15) is 44.3 Å². The first-order valence-electron chi connectivity index (χ1n) is 3.70. The zero-order chi connectivity index (χ0) is 15.2. The van der Waals surface area contributed by atoms with E-state index < -0.39 is 34.8 Å². The summed E-state index contributed by atoms with van der Waals surface area (Å²) in [6.45, 7) is 1.98. The van der Waals surface area contributed by atoms with Crippen molar-refractivity contribution < 1.29 is 44.3 Å². The van der Waals surface area contributed by atoms with Crippen LogP contribution in [0.15, 0.2) is 12.2 Å². The van der Waals surface area contributed by atoms with Crippen molar-refractivity contribution in [1.29, 1.82) is 0 Å². The minimum absolute atomic E-state index is 1.98. The molecule has 0 unspecified atom stereocenters. The Morgan fingerprint density at radius 3 is 1.39 bits per heavy atom. The Kier molecular flexibility index (Phi) is 4.10. The topological polar surface area (TPSA) is 17.1 Å². The Labute approximate surface area is 98.2 Å². The maximum atomic E-state index is 12.7. The molecule has 18 heavy (non-hydrogen) atoms. The highest BCUT2D eigenvalue weighted by atomic mass is 35.5. The molecule has 0 bridgehead atoms. The summed E-state index contributed by atoms with van der Waals surface area (Å²) < 4.78 is 110. The second-order valence-corrected chi connectivity index (χ2v) is 3.32. The zero-order valence-electron chi connectivity index (χ0n) is 7.89. The van der Waals surface area contributed by atoms with Crippen LogP contribution in [0.1, 0.15) is 0 Å². The number of hydrogen-bond acceptors (Lipinski definition) is 1. The van der Waals surface area contributed by atoms with Gasteiger partial charge in [-0.25, -0.2) is 0 Å². The molecular formula is C7H2ClF9O. The Hall–Kier alpha value is -0.930. The Morgan fingerprint density at radius 2 is 1.17 bits per heavy atom. The molecule has 0 aromatic rings. The van der Waals surface area contributed by atoms with E-state index in [4.69, 9.17) is 0 Å². The number of rotatable bonds is 4. The largest absolute Gasteiger partial charge is 0.460 e. The van der Waals surface area contributed by atoms with E-state index in [1.54, 1.807) is 0 Å². The predicted octanol–water partition coefficient (Wildman–Crippen LogP) is 3.78. The molecule has 0 fully saturated rings. The maximum absolute atomic E-state index is 12.7. The van der Waals surface area contributed by atoms with Crippen molar-refractivity contribution >= 4 is 16.8 Å². The highest BCUT2D eigenvalue weighted by Gasteiger charge is 2.82. The summed E-state index contributed by atoms with van der Waals surface area (Å²) in [7, 11) is 0. The lowest BCUT2D eigenvalue weighted by molar-refractivity contribution is -0.389. The minimum Gasteiger partial charge on any atom is -0.276 e. The average Bonchev–Trinajstić information content (AvgIpc) is 2.13.